The van der Waals surface area contributed by atoms with Crippen molar-refractivity contribution in [2.24, 2.45) is 0 Å². The van der Waals surface area contributed by atoms with E-state index in [1.54, 1.807) is 30.3 Å². The number of carbonyl (C=O) groups excluding carboxylic acids is 1. The SMILES string of the molecule is Cc1ccc(N(CC(=O)Nc2ccc(S(=O)(=O)Nc3ncccn3)cc2)S(=O)(=O)c2ccc(Cl)cc2)cc1. The van der Waals surface area contributed by atoms with Gasteiger partial charge >= 0.3 is 0 Å². The summed E-state index contributed by atoms with van der Waals surface area (Å²) < 4.78 is 55.3. The first-order chi connectivity index (χ1) is 18.0. The molecule has 3 aromatic carbocycles. The summed E-state index contributed by atoms with van der Waals surface area (Å²) in [6, 6.07) is 19.3. The maximum atomic E-state index is 13.4. The molecule has 0 aliphatic carbocycles. The second kappa shape index (κ2) is 11.2. The van der Waals surface area contributed by atoms with Crippen LogP contribution in [-0.4, -0.2) is 39.3 Å². The molecule has 10 nitrogen and oxygen atoms in total. The van der Waals surface area contributed by atoms with Crippen LogP contribution in [0.1, 0.15) is 5.56 Å². The molecule has 1 heterocycles. The summed E-state index contributed by atoms with van der Waals surface area (Å²) in [5, 5.41) is 2.98. The van der Waals surface area contributed by atoms with Gasteiger partial charge in [-0.25, -0.2) is 31.5 Å². The summed E-state index contributed by atoms with van der Waals surface area (Å²) in [5.41, 5.74) is 1.50. The number of hydrogen-bond acceptors (Lipinski definition) is 7. The van der Waals surface area contributed by atoms with Gasteiger partial charge in [0.05, 0.1) is 15.5 Å². The second-order valence-corrected chi connectivity index (χ2v) is 12.0. The van der Waals surface area contributed by atoms with Crippen LogP contribution in [0.15, 0.2) is 101 Å². The summed E-state index contributed by atoms with van der Waals surface area (Å²) in [6.45, 7) is 1.34. The van der Waals surface area contributed by atoms with Crippen molar-refractivity contribution >= 4 is 54.9 Å². The molecule has 0 aliphatic rings. The van der Waals surface area contributed by atoms with Crippen LogP contribution in [0, 0.1) is 6.92 Å². The fourth-order valence-corrected chi connectivity index (χ4v) is 5.84. The molecule has 0 aliphatic heterocycles. The number of nitrogens with one attached hydrogen (secondary N) is 2. The fourth-order valence-electron chi connectivity index (χ4n) is 3.34. The van der Waals surface area contributed by atoms with Crippen molar-refractivity contribution in [2.75, 3.05) is 20.9 Å². The first-order valence-corrected chi connectivity index (χ1v) is 14.4. The fraction of sp³-hybridized carbons (Fsp3) is 0.0800. The number of halogens is 1. The van der Waals surface area contributed by atoms with E-state index in [4.69, 9.17) is 11.6 Å². The number of rotatable bonds is 9. The summed E-state index contributed by atoms with van der Waals surface area (Å²) in [7, 11) is -8.07. The molecule has 1 amide bonds. The number of anilines is 3. The number of sulfonamides is 2. The Kier molecular flexibility index (Phi) is 7.95. The number of amides is 1. The van der Waals surface area contributed by atoms with Gasteiger partial charge in [-0.1, -0.05) is 29.3 Å². The van der Waals surface area contributed by atoms with E-state index in [-0.39, 0.29) is 21.4 Å². The largest absolute Gasteiger partial charge is 0.325 e. The molecule has 4 rings (SSSR count). The van der Waals surface area contributed by atoms with Crippen molar-refractivity contribution in [3.63, 3.8) is 0 Å². The molecule has 196 valence electrons. The highest BCUT2D eigenvalue weighted by Crippen LogP contribution is 2.25. The number of benzene rings is 3. The van der Waals surface area contributed by atoms with Crippen LogP contribution in [0.4, 0.5) is 17.3 Å². The minimum Gasteiger partial charge on any atom is -0.325 e. The highest BCUT2D eigenvalue weighted by molar-refractivity contribution is 7.93. The molecule has 0 spiro atoms. The molecule has 0 bridgehead atoms. The molecule has 13 heteroatoms. The van der Waals surface area contributed by atoms with E-state index >= 15 is 0 Å². The summed E-state index contributed by atoms with van der Waals surface area (Å²) in [6.07, 6.45) is 2.80. The summed E-state index contributed by atoms with van der Waals surface area (Å²) in [5.74, 6) is -0.711. The molecular formula is C25H22ClN5O5S2. The molecule has 0 radical (unpaired) electrons. The van der Waals surface area contributed by atoms with Crippen molar-refractivity contribution in [1.29, 1.82) is 0 Å². The molecule has 4 aromatic rings. The predicted octanol–water partition coefficient (Wildman–Crippen LogP) is 4.07. The Balaban J connectivity index is 1.53. The molecule has 2 N–H and O–H groups in total. The van der Waals surface area contributed by atoms with Crippen LogP contribution in [0.3, 0.4) is 0 Å². The lowest BCUT2D eigenvalue weighted by atomic mass is 10.2. The molecule has 1 aromatic heterocycles. The topological polar surface area (TPSA) is 138 Å². The second-order valence-electron chi connectivity index (χ2n) is 8.05. The lowest BCUT2D eigenvalue weighted by Gasteiger charge is -2.24. The number of aromatic nitrogens is 2. The van der Waals surface area contributed by atoms with E-state index in [9.17, 15) is 21.6 Å². The molecule has 0 atom stereocenters. The molecule has 38 heavy (non-hydrogen) atoms. The average molecular weight is 572 g/mol. The normalized spacial score (nSPS) is 11.5. The van der Waals surface area contributed by atoms with Crippen molar-refractivity contribution in [2.45, 2.75) is 16.7 Å². The lowest BCUT2D eigenvalue weighted by molar-refractivity contribution is -0.114. The molecule has 0 saturated heterocycles. The molecule has 0 unspecified atom stereocenters. The van der Waals surface area contributed by atoms with Crippen molar-refractivity contribution in [1.82, 2.24) is 9.97 Å². The smallest absolute Gasteiger partial charge is 0.264 e. The van der Waals surface area contributed by atoms with E-state index in [1.165, 1.54) is 60.9 Å². The first-order valence-electron chi connectivity index (χ1n) is 11.1. The molecule has 0 saturated carbocycles. The predicted molar refractivity (Wildman–Crippen MR) is 145 cm³/mol. The van der Waals surface area contributed by atoms with Gasteiger partial charge < -0.3 is 5.32 Å². The minimum atomic E-state index is -4.11. The van der Waals surface area contributed by atoms with Gasteiger partial charge in [-0.05, 0) is 73.7 Å². The highest BCUT2D eigenvalue weighted by atomic mass is 35.5. The number of hydrogen-bond donors (Lipinski definition) is 2. The van der Waals surface area contributed by atoms with E-state index in [2.05, 4.69) is 20.0 Å². The third kappa shape index (κ3) is 6.46. The zero-order valence-electron chi connectivity index (χ0n) is 19.9. The highest BCUT2D eigenvalue weighted by Gasteiger charge is 2.27. The standard InChI is InChI=1S/C25H22ClN5O5S2/c1-18-3-9-21(10-4-18)31(38(35,36)23-11-5-19(26)6-12-23)17-24(32)29-20-7-13-22(14-8-20)37(33,34)30-25-27-15-2-16-28-25/h2-16H,17H2,1H3,(H,29,32)(H,27,28,30). The third-order valence-electron chi connectivity index (χ3n) is 5.25. The van der Waals surface area contributed by atoms with Gasteiger partial charge in [-0.2, -0.15) is 0 Å². The zero-order chi connectivity index (χ0) is 27.3. The van der Waals surface area contributed by atoms with E-state index < -0.39 is 32.5 Å². The van der Waals surface area contributed by atoms with Gasteiger partial charge in [0.2, 0.25) is 11.9 Å². The van der Waals surface area contributed by atoms with Crippen molar-refractivity contribution in [3.8, 4) is 0 Å². The van der Waals surface area contributed by atoms with Gasteiger partial charge in [-0.15, -0.1) is 0 Å². The Morgan fingerprint density at radius 3 is 2.03 bits per heavy atom. The Morgan fingerprint density at radius 2 is 1.42 bits per heavy atom. The third-order valence-corrected chi connectivity index (χ3v) is 8.63. The van der Waals surface area contributed by atoms with Crippen LogP contribution in [-0.2, 0) is 24.8 Å². The maximum Gasteiger partial charge on any atom is 0.264 e. The van der Waals surface area contributed by atoms with Crippen LogP contribution in [0.5, 0.6) is 0 Å². The Bertz CT molecular complexity index is 1630. The van der Waals surface area contributed by atoms with Crippen LogP contribution in [0.2, 0.25) is 5.02 Å². The molecule has 0 fully saturated rings. The van der Waals surface area contributed by atoms with Crippen molar-refractivity contribution in [3.05, 3.63) is 102 Å². The van der Waals surface area contributed by atoms with Crippen molar-refractivity contribution < 1.29 is 21.6 Å². The van der Waals surface area contributed by atoms with E-state index in [0.717, 1.165) is 9.87 Å². The monoisotopic (exact) mass is 571 g/mol. The van der Waals surface area contributed by atoms with Gasteiger partial charge in [0.1, 0.15) is 6.54 Å². The Hall–Kier alpha value is -4.00. The number of carbonyl (C=O) groups is 1. The Morgan fingerprint density at radius 1 is 0.842 bits per heavy atom. The van der Waals surface area contributed by atoms with Gasteiger partial charge in [-0.3, -0.25) is 9.10 Å². The minimum absolute atomic E-state index is 0.0280. The summed E-state index contributed by atoms with van der Waals surface area (Å²) >= 11 is 5.91. The lowest BCUT2D eigenvalue weighted by Crippen LogP contribution is -2.38. The quantitative estimate of drug-likeness (QED) is 0.309. The number of aryl methyl sites for hydroxylation is 1. The average Bonchev–Trinajstić information content (AvgIpc) is 2.89. The van der Waals surface area contributed by atoms with Gasteiger partial charge in [0.15, 0.2) is 0 Å². The van der Waals surface area contributed by atoms with Crippen LogP contribution >= 0.6 is 11.6 Å². The number of nitrogens with zero attached hydrogens (tertiary/aromatic N) is 3. The van der Waals surface area contributed by atoms with Crippen LogP contribution in [0.25, 0.3) is 0 Å². The van der Waals surface area contributed by atoms with Crippen LogP contribution < -0.4 is 14.3 Å². The van der Waals surface area contributed by atoms with Gasteiger partial charge in [0, 0.05) is 23.1 Å². The van der Waals surface area contributed by atoms with Gasteiger partial charge in [0.25, 0.3) is 20.0 Å². The van der Waals surface area contributed by atoms with E-state index in [0.29, 0.717) is 10.7 Å². The zero-order valence-corrected chi connectivity index (χ0v) is 22.3. The first kappa shape index (κ1) is 27.0. The molecular weight excluding hydrogens is 550 g/mol. The van der Waals surface area contributed by atoms with E-state index in [1.807, 2.05) is 6.92 Å². The summed E-state index contributed by atoms with van der Waals surface area (Å²) in [4.78, 5) is 20.5. The Labute approximate surface area is 225 Å². The maximum absolute atomic E-state index is 13.4.